The van der Waals surface area contributed by atoms with Gasteiger partial charge in [0.2, 0.25) is 0 Å². The molecule has 0 saturated carbocycles. The van der Waals surface area contributed by atoms with Gasteiger partial charge in [-0.3, -0.25) is 4.90 Å². The van der Waals surface area contributed by atoms with Gasteiger partial charge in [-0.15, -0.1) is 6.42 Å². The predicted octanol–water partition coefficient (Wildman–Crippen LogP) is 2.92. The highest BCUT2D eigenvalue weighted by molar-refractivity contribution is 5.26. The lowest BCUT2D eigenvalue weighted by Crippen LogP contribution is -2.47. The van der Waals surface area contributed by atoms with Crippen LogP contribution in [0.3, 0.4) is 0 Å². The molecule has 1 nitrogen and oxygen atoms in total. The molecule has 1 aromatic carbocycles. The van der Waals surface area contributed by atoms with Crippen LogP contribution in [0.2, 0.25) is 0 Å². The van der Waals surface area contributed by atoms with Gasteiger partial charge in [-0.25, -0.2) is 0 Å². The van der Waals surface area contributed by atoms with Crippen molar-refractivity contribution < 1.29 is 0 Å². The van der Waals surface area contributed by atoms with E-state index in [4.69, 9.17) is 6.42 Å². The van der Waals surface area contributed by atoms with Gasteiger partial charge in [0.15, 0.2) is 0 Å². The molecular formula is C16H21N. The average molecular weight is 227 g/mol. The molecule has 0 aromatic heterocycles. The zero-order valence-electron chi connectivity index (χ0n) is 10.8. The maximum absolute atomic E-state index is 5.39. The zero-order chi connectivity index (χ0) is 12.3. The molecule has 1 fully saturated rings. The number of rotatable bonds is 2. The Hall–Kier alpha value is -1.26. The minimum Gasteiger partial charge on any atom is -0.292 e. The number of hydrogen-bond donors (Lipinski definition) is 0. The normalized spacial score (nSPS) is 29.8. The van der Waals surface area contributed by atoms with Crippen molar-refractivity contribution in [3.63, 3.8) is 0 Å². The second kappa shape index (κ2) is 4.94. The minimum atomic E-state index is 0.298. The molecule has 90 valence electrons. The molecule has 2 rings (SSSR count). The van der Waals surface area contributed by atoms with Crippen molar-refractivity contribution in [2.24, 2.45) is 5.92 Å². The van der Waals surface area contributed by atoms with Crippen LogP contribution in [0, 0.1) is 18.3 Å². The largest absolute Gasteiger partial charge is 0.292 e. The summed E-state index contributed by atoms with van der Waals surface area (Å²) < 4.78 is 0. The van der Waals surface area contributed by atoms with E-state index in [1.165, 1.54) is 12.0 Å². The highest BCUT2D eigenvalue weighted by Gasteiger charge is 2.37. The van der Waals surface area contributed by atoms with E-state index < -0.39 is 0 Å². The first-order valence-corrected chi connectivity index (χ1v) is 6.38. The summed E-state index contributed by atoms with van der Waals surface area (Å²) in [4.78, 5) is 2.38. The van der Waals surface area contributed by atoms with Crippen LogP contribution in [0.5, 0.6) is 0 Å². The molecule has 1 heteroatoms. The van der Waals surface area contributed by atoms with E-state index in [1.807, 2.05) is 0 Å². The van der Waals surface area contributed by atoms with Gasteiger partial charge < -0.3 is 0 Å². The Morgan fingerprint density at radius 3 is 2.71 bits per heavy atom. The fourth-order valence-corrected chi connectivity index (χ4v) is 2.84. The maximum atomic E-state index is 5.39. The molecule has 1 heterocycles. The Balaban J connectivity index is 2.16. The van der Waals surface area contributed by atoms with Crippen molar-refractivity contribution in [3.8, 4) is 12.3 Å². The first-order valence-electron chi connectivity index (χ1n) is 6.38. The third kappa shape index (κ3) is 2.37. The van der Waals surface area contributed by atoms with Gasteiger partial charge in [0.05, 0.1) is 6.54 Å². The first-order chi connectivity index (χ1) is 8.16. The third-order valence-corrected chi connectivity index (χ3v) is 4.32. The molecule has 0 bridgehead atoms. The first kappa shape index (κ1) is 12.2. The smallest absolute Gasteiger partial charge is 0.0599 e. The summed E-state index contributed by atoms with van der Waals surface area (Å²) in [5.41, 5.74) is 1.76. The van der Waals surface area contributed by atoms with Crippen molar-refractivity contribution in [1.29, 1.82) is 0 Å². The minimum absolute atomic E-state index is 0.298. The molecule has 0 N–H and O–H groups in total. The summed E-state index contributed by atoms with van der Waals surface area (Å²) in [6, 6.07) is 10.9. The summed E-state index contributed by atoms with van der Waals surface area (Å²) in [6.07, 6.45) is 6.59. The number of piperidine rings is 1. The van der Waals surface area contributed by atoms with Gasteiger partial charge in [-0.1, -0.05) is 50.1 Å². The molecule has 2 unspecified atom stereocenters. The van der Waals surface area contributed by atoms with Gasteiger partial charge in [0.1, 0.15) is 0 Å². The van der Waals surface area contributed by atoms with Crippen LogP contribution in [0.1, 0.15) is 25.8 Å². The zero-order valence-corrected chi connectivity index (χ0v) is 10.8. The monoisotopic (exact) mass is 227 g/mol. The van der Waals surface area contributed by atoms with E-state index >= 15 is 0 Å². The molecule has 1 aliphatic heterocycles. The van der Waals surface area contributed by atoms with E-state index in [0.29, 0.717) is 11.3 Å². The Morgan fingerprint density at radius 1 is 1.41 bits per heavy atom. The van der Waals surface area contributed by atoms with Crippen LogP contribution in [0.25, 0.3) is 0 Å². The fraction of sp³-hybridized carbons (Fsp3) is 0.500. The number of hydrogen-bond acceptors (Lipinski definition) is 1. The number of likely N-dealkylation sites (tertiary alicyclic amines) is 1. The average Bonchev–Trinajstić information content (AvgIpc) is 2.35. The summed E-state index contributed by atoms with van der Waals surface area (Å²) in [7, 11) is 0. The summed E-state index contributed by atoms with van der Waals surface area (Å²) in [5.74, 6) is 3.40. The van der Waals surface area contributed by atoms with Crippen molar-refractivity contribution in [1.82, 2.24) is 4.90 Å². The highest BCUT2D eigenvalue weighted by atomic mass is 15.1. The van der Waals surface area contributed by atoms with Gasteiger partial charge in [-0.2, -0.15) is 0 Å². The summed E-state index contributed by atoms with van der Waals surface area (Å²) in [5, 5.41) is 0. The van der Waals surface area contributed by atoms with Gasteiger partial charge in [-0.05, 0) is 29.9 Å². The van der Waals surface area contributed by atoms with Gasteiger partial charge in [0.25, 0.3) is 0 Å². The number of nitrogens with zero attached hydrogens (tertiary/aromatic N) is 1. The lowest BCUT2D eigenvalue weighted by atomic mass is 9.68. The Kier molecular flexibility index (Phi) is 3.54. The van der Waals surface area contributed by atoms with Crippen molar-refractivity contribution >= 4 is 0 Å². The second-order valence-electron chi connectivity index (χ2n) is 5.37. The Labute approximate surface area is 105 Å². The lowest BCUT2D eigenvalue weighted by molar-refractivity contribution is 0.123. The van der Waals surface area contributed by atoms with Gasteiger partial charge >= 0.3 is 0 Å². The van der Waals surface area contributed by atoms with Crippen LogP contribution in [-0.4, -0.2) is 24.5 Å². The van der Waals surface area contributed by atoms with Gasteiger partial charge in [0, 0.05) is 6.54 Å². The lowest BCUT2D eigenvalue weighted by Gasteiger charge is -2.44. The topological polar surface area (TPSA) is 3.24 Å². The van der Waals surface area contributed by atoms with E-state index in [-0.39, 0.29) is 0 Å². The quantitative estimate of drug-likeness (QED) is 0.702. The SMILES string of the molecule is C#CCN1CCC(C)(c2ccccc2)C(C)C1. The van der Waals surface area contributed by atoms with Crippen LogP contribution < -0.4 is 0 Å². The van der Waals surface area contributed by atoms with E-state index in [2.05, 4.69) is 55.0 Å². The molecule has 1 saturated heterocycles. The van der Waals surface area contributed by atoms with Crippen LogP contribution in [-0.2, 0) is 5.41 Å². The Bertz CT molecular complexity index is 403. The molecule has 0 amide bonds. The van der Waals surface area contributed by atoms with Crippen LogP contribution >= 0.6 is 0 Å². The molecule has 17 heavy (non-hydrogen) atoms. The third-order valence-electron chi connectivity index (χ3n) is 4.32. The standard InChI is InChI=1S/C16H21N/c1-4-11-17-12-10-16(3,14(2)13-17)15-8-6-5-7-9-15/h1,5-9,14H,10-13H2,2-3H3. The van der Waals surface area contributed by atoms with E-state index in [9.17, 15) is 0 Å². The Morgan fingerprint density at radius 2 is 2.12 bits per heavy atom. The number of terminal acetylenes is 1. The van der Waals surface area contributed by atoms with E-state index in [0.717, 1.165) is 19.6 Å². The molecule has 0 radical (unpaired) electrons. The summed E-state index contributed by atoms with van der Waals surface area (Å²) in [6.45, 7) is 7.74. The molecule has 0 spiro atoms. The maximum Gasteiger partial charge on any atom is 0.0599 e. The van der Waals surface area contributed by atoms with Crippen LogP contribution in [0.4, 0.5) is 0 Å². The second-order valence-corrected chi connectivity index (χ2v) is 5.37. The van der Waals surface area contributed by atoms with Crippen molar-refractivity contribution in [3.05, 3.63) is 35.9 Å². The van der Waals surface area contributed by atoms with Crippen molar-refractivity contribution in [2.45, 2.75) is 25.7 Å². The van der Waals surface area contributed by atoms with Crippen molar-refractivity contribution in [2.75, 3.05) is 19.6 Å². The molecule has 1 aliphatic rings. The molecule has 1 aromatic rings. The molecule has 2 atom stereocenters. The van der Waals surface area contributed by atoms with Crippen LogP contribution in [0.15, 0.2) is 30.3 Å². The highest BCUT2D eigenvalue weighted by Crippen LogP contribution is 2.38. The fourth-order valence-electron chi connectivity index (χ4n) is 2.84. The summed E-state index contributed by atoms with van der Waals surface area (Å²) >= 11 is 0. The van der Waals surface area contributed by atoms with E-state index in [1.54, 1.807) is 0 Å². The number of benzene rings is 1. The molecular weight excluding hydrogens is 206 g/mol. The predicted molar refractivity (Wildman–Crippen MR) is 72.8 cm³/mol. The molecule has 0 aliphatic carbocycles.